The average Bonchev–Trinajstić information content (AvgIpc) is 2.51. The largest absolute Gasteiger partial charge is 0.389 e. The standard InChI is InChI=1S/C14H20N2S/c1-9(2)14(3)7-5-4-6-11-12(14)10(8-15)13(16)17-11/h9H,4-7,16H2,1-3H3. The van der Waals surface area contributed by atoms with Crippen molar-refractivity contribution in [3.05, 3.63) is 16.0 Å². The van der Waals surface area contributed by atoms with Crippen molar-refractivity contribution in [2.45, 2.75) is 51.9 Å². The summed E-state index contributed by atoms with van der Waals surface area (Å²) in [7, 11) is 0. The molecule has 0 aliphatic heterocycles. The number of nitrogen functional groups attached to an aromatic ring is 1. The van der Waals surface area contributed by atoms with Gasteiger partial charge in [0.2, 0.25) is 0 Å². The molecule has 92 valence electrons. The van der Waals surface area contributed by atoms with Crippen LogP contribution in [0.1, 0.15) is 56.0 Å². The van der Waals surface area contributed by atoms with Gasteiger partial charge in [0.25, 0.3) is 0 Å². The number of fused-ring (bicyclic) bond motifs is 1. The van der Waals surface area contributed by atoms with E-state index in [9.17, 15) is 5.26 Å². The van der Waals surface area contributed by atoms with Gasteiger partial charge in [-0.15, -0.1) is 11.3 Å². The maximum absolute atomic E-state index is 9.35. The van der Waals surface area contributed by atoms with E-state index >= 15 is 0 Å². The first-order valence-electron chi connectivity index (χ1n) is 6.32. The number of hydrogen-bond donors (Lipinski definition) is 1. The molecule has 1 aliphatic rings. The fraction of sp³-hybridized carbons (Fsp3) is 0.643. The van der Waals surface area contributed by atoms with Gasteiger partial charge in [0, 0.05) is 4.88 Å². The third-order valence-corrected chi connectivity index (χ3v) is 5.39. The van der Waals surface area contributed by atoms with Crippen LogP contribution >= 0.6 is 11.3 Å². The van der Waals surface area contributed by atoms with Crippen molar-refractivity contribution in [1.82, 2.24) is 0 Å². The SMILES string of the molecule is CC(C)C1(C)CCCCc2sc(N)c(C#N)c21. The van der Waals surface area contributed by atoms with E-state index in [1.54, 1.807) is 11.3 Å². The maximum atomic E-state index is 9.35. The minimum atomic E-state index is 0.116. The molecular formula is C14H20N2S. The molecule has 0 spiro atoms. The van der Waals surface area contributed by atoms with Crippen LogP contribution in [0, 0.1) is 17.2 Å². The third kappa shape index (κ3) is 1.85. The Bertz CT molecular complexity index is 467. The Morgan fingerprint density at radius 3 is 2.71 bits per heavy atom. The number of rotatable bonds is 1. The Morgan fingerprint density at radius 1 is 1.41 bits per heavy atom. The van der Waals surface area contributed by atoms with Crippen molar-refractivity contribution in [1.29, 1.82) is 5.26 Å². The number of hydrogen-bond acceptors (Lipinski definition) is 3. The zero-order valence-corrected chi connectivity index (χ0v) is 11.7. The number of thiophene rings is 1. The Kier molecular flexibility index (Phi) is 3.18. The molecule has 17 heavy (non-hydrogen) atoms. The predicted octanol–water partition coefficient (Wildman–Crippen LogP) is 3.84. The summed E-state index contributed by atoms with van der Waals surface area (Å²) in [6.07, 6.45) is 4.73. The lowest BCUT2D eigenvalue weighted by Crippen LogP contribution is -2.29. The zero-order valence-electron chi connectivity index (χ0n) is 10.8. The predicted molar refractivity (Wildman–Crippen MR) is 73.2 cm³/mol. The summed E-state index contributed by atoms with van der Waals surface area (Å²) >= 11 is 1.63. The minimum absolute atomic E-state index is 0.116. The van der Waals surface area contributed by atoms with Crippen molar-refractivity contribution >= 4 is 16.3 Å². The highest BCUT2D eigenvalue weighted by Gasteiger charge is 2.37. The maximum Gasteiger partial charge on any atom is 0.104 e. The van der Waals surface area contributed by atoms with Crippen LogP contribution in [0.3, 0.4) is 0 Å². The lowest BCUT2D eigenvalue weighted by molar-refractivity contribution is 0.310. The molecule has 1 atom stereocenters. The first-order chi connectivity index (χ1) is 8.00. The van der Waals surface area contributed by atoms with Crippen molar-refractivity contribution in [2.75, 3.05) is 5.73 Å². The summed E-state index contributed by atoms with van der Waals surface area (Å²) in [6.45, 7) is 6.81. The highest BCUT2D eigenvalue weighted by Crippen LogP contribution is 2.47. The summed E-state index contributed by atoms with van der Waals surface area (Å²) in [5.41, 5.74) is 8.13. The van der Waals surface area contributed by atoms with Gasteiger partial charge in [-0.25, -0.2) is 0 Å². The number of nitrogens with zero attached hydrogens (tertiary/aromatic N) is 1. The first kappa shape index (κ1) is 12.4. The number of aryl methyl sites for hydroxylation is 1. The van der Waals surface area contributed by atoms with E-state index in [2.05, 4.69) is 26.8 Å². The second-order valence-electron chi connectivity index (χ2n) is 5.53. The molecule has 2 N–H and O–H groups in total. The van der Waals surface area contributed by atoms with E-state index in [0.717, 1.165) is 12.0 Å². The second kappa shape index (κ2) is 4.34. The Hall–Kier alpha value is -1.01. The summed E-state index contributed by atoms with van der Waals surface area (Å²) in [5, 5.41) is 10.1. The summed E-state index contributed by atoms with van der Waals surface area (Å²) < 4.78 is 0. The van der Waals surface area contributed by atoms with E-state index in [1.165, 1.54) is 29.7 Å². The molecule has 0 bridgehead atoms. The van der Waals surface area contributed by atoms with Gasteiger partial charge in [-0.05, 0) is 36.2 Å². The van der Waals surface area contributed by atoms with Gasteiger partial charge in [0.15, 0.2) is 0 Å². The van der Waals surface area contributed by atoms with Crippen LogP contribution in [0.15, 0.2) is 0 Å². The number of nitrogens with two attached hydrogens (primary N) is 1. The molecular weight excluding hydrogens is 228 g/mol. The van der Waals surface area contributed by atoms with Crippen LogP contribution in [0.2, 0.25) is 0 Å². The number of anilines is 1. The molecule has 2 nitrogen and oxygen atoms in total. The van der Waals surface area contributed by atoms with Gasteiger partial charge in [-0.2, -0.15) is 5.26 Å². The molecule has 1 aromatic heterocycles. The Balaban J connectivity index is 2.66. The lowest BCUT2D eigenvalue weighted by atomic mass is 9.70. The van der Waals surface area contributed by atoms with E-state index in [-0.39, 0.29) is 5.41 Å². The molecule has 1 aromatic rings. The minimum Gasteiger partial charge on any atom is -0.389 e. The van der Waals surface area contributed by atoms with Crippen LogP contribution < -0.4 is 5.73 Å². The molecule has 0 saturated carbocycles. The molecule has 0 aromatic carbocycles. The summed E-state index contributed by atoms with van der Waals surface area (Å²) in [5.74, 6) is 0.542. The summed E-state index contributed by atoms with van der Waals surface area (Å²) in [6, 6.07) is 2.33. The normalized spacial score (nSPS) is 24.2. The summed E-state index contributed by atoms with van der Waals surface area (Å²) in [4.78, 5) is 1.35. The molecule has 2 rings (SSSR count). The molecule has 0 saturated heterocycles. The van der Waals surface area contributed by atoms with Crippen LogP contribution in [0.25, 0.3) is 0 Å². The van der Waals surface area contributed by atoms with Crippen molar-refractivity contribution in [3.8, 4) is 6.07 Å². The van der Waals surface area contributed by atoms with Gasteiger partial charge >= 0.3 is 0 Å². The second-order valence-corrected chi connectivity index (χ2v) is 6.67. The van der Waals surface area contributed by atoms with Crippen LogP contribution in [0.5, 0.6) is 0 Å². The van der Waals surface area contributed by atoms with Gasteiger partial charge in [0.05, 0.1) is 5.56 Å². The van der Waals surface area contributed by atoms with Crippen molar-refractivity contribution in [3.63, 3.8) is 0 Å². The molecule has 1 aliphatic carbocycles. The fourth-order valence-corrected chi connectivity index (χ4v) is 4.07. The van der Waals surface area contributed by atoms with Gasteiger partial charge in [-0.1, -0.05) is 27.2 Å². The van der Waals surface area contributed by atoms with Gasteiger partial charge in [0.1, 0.15) is 11.1 Å². The van der Waals surface area contributed by atoms with Crippen LogP contribution in [0.4, 0.5) is 5.00 Å². The monoisotopic (exact) mass is 248 g/mol. The fourth-order valence-electron chi connectivity index (χ4n) is 2.87. The van der Waals surface area contributed by atoms with E-state index in [1.807, 2.05) is 0 Å². The Morgan fingerprint density at radius 2 is 2.12 bits per heavy atom. The lowest BCUT2D eigenvalue weighted by Gasteiger charge is -2.34. The molecule has 1 heterocycles. The highest BCUT2D eigenvalue weighted by molar-refractivity contribution is 7.16. The van der Waals surface area contributed by atoms with E-state index < -0.39 is 0 Å². The average molecular weight is 248 g/mol. The van der Waals surface area contributed by atoms with Crippen molar-refractivity contribution < 1.29 is 0 Å². The van der Waals surface area contributed by atoms with E-state index in [0.29, 0.717) is 10.9 Å². The smallest absolute Gasteiger partial charge is 0.104 e. The topological polar surface area (TPSA) is 49.8 Å². The van der Waals surface area contributed by atoms with Gasteiger partial charge < -0.3 is 5.73 Å². The van der Waals surface area contributed by atoms with E-state index in [4.69, 9.17) is 5.73 Å². The number of nitriles is 1. The Labute approximate surface area is 107 Å². The molecule has 3 heteroatoms. The van der Waals surface area contributed by atoms with Crippen LogP contribution in [-0.4, -0.2) is 0 Å². The molecule has 0 radical (unpaired) electrons. The highest BCUT2D eigenvalue weighted by atomic mass is 32.1. The quantitative estimate of drug-likeness (QED) is 0.768. The molecule has 1 unspecified atom stereocenters. The zero-order chi connectivity index (χ0) is 12.6. The van der Waals surface area contributed by atoms with Crippen LogP contribution in [-0.2, 0) is 11.8 Å². The van der Waals surface area contributed by atoms with Crippen molar-refractivity contribution in [2.24, 2.45) is 5.92 Å². The first-order valence-corrected chi connectivity index (χ1v) is 7.14. The third-order valence-electron chi connectivity index (χ3n) is 4.32. The molecule has 0 amide bonds. The molecule has 0 fully saturated rings. The van der Waals surface area contributed by atoms with Gasteiger partial charge in [-0.3, -0.25) is 0 Å².